The number of carbonyl (C=O) groups is 2. The Morgan fingerprint density at radius 1 is 1.00 bits per heavy atom. The van der Waals surface area contributed by atoms with E-state index in [-0.39, 0.29) is 18.2 Å². The Kier molecular flexibility index (Phi) is 5.86. The van der Waals surface area contributed by atoms with Crippen LogP contribution in [0.4, 0.5) is 0 Å². The lowest BCUT2D eigenvalue weighted by Gasteiger charge is -2.10. The van der Waals surface area contributed by atoms with Crippen molar-refractivity contribution in [1.82, 2.24) is 15.6 Å². The zero-order chi connectivity index (χ0) is 16.7. The molecule has 0 radical (unpaired) electrons. The van der Waals surface area contributed by atoms with Gasteiger partial charge in [0.15, 0.2) is 0 Å². The maximum atomic E-state index is 12.2. The molecule has 0 bridgehead atoms. The molecule has 0 atom stereocenters. The summed E-state index contributed by atoms with van der Waals surface area (Å²) in [5.74, 6) is -0.254. The average Bonchev–Trinajstić information content (AvgIpc) is 2.54. The predicted molar refractivity (Wildman–Crippen MR) is 88.9 cm³/mol. The minimum atomic E-state index is -0.141. The molecular formula is C18H21N3O2. The van der Waals surface area contributed by atoms with Gasteiger partial charge < -0.3 is 10.6 Å². The van der Waals surface area contributed by atoms with Crippen LogP contribution in [0.1, 0.15) is 33.6 Å². The van der Waals surface area contributed by atoms with E-state index < -0.39 is 0 Å². The fourth-order valence-electron chi connectivity index (χ4n) is 2.33. The molecule has 2 aromatic rings. The van der Waals surface area contributed by atoms with E-state index in [9.17, 15) is 9.59 Å². The molecular weight excluding hydrogens is 290 g/mol. The molecule has 0 aliphatic carbocycles. The molecule has 2 N–H and O–H groups in total. The quantitative estimate of drug-likeness (QED) is 0.858. The van der Waals surface area contributed by atoms with Crippen molar-refractivity contribution < 1.29 is 9.59 Å². The zero-order valence-corrected chi connectivity index (χ0v) is 13.4. The van der Waals surface area contributed by atoms with Crippen LogP contribution in [0.25, 0.3) is 0 Å². The van der Waals surface area contributed by atoms with E-state index in [1.165, 1.54) is 0 Å². The van der Waals surface area contributed by atoms with Gasteiger partial charge in [-0.25, -0.2) is 0 Å². The smallest absolute Gasteiger partial charge is 0.251 e. The third-order valence-corrected chi connectivity index (χ3v) is 3.54. The summed E-state index contributed by atoms with van der Waals surface area (Å²) in [6, 6.07) is 11.3. The first kappa shape index (κ1) is 16.7. The summed E-state index contributed by atoms with van der Waals surface area (Å²) in [5, 5.41) is 5.58. The highest BCUT2D eigenvalue weighted by Gasteiger charge is 2.11. The monoisotopic (exact) mass is 311 g/mol. The van der Waals surface area contributed by atoms with Gasteiger partial charge in [0.05, 0.1) is 12.2 Å². The van der Waals surface area contributed by atoms with Crippen molar-refractivity contribution in [3.63, 3.8) is 0 Å². The summed E-state index contributed by atoms with van der Waals surface area (Å²) in [6.45, 7) is 4.51. The number of hydrogen-bond acceptors (Lipinski definition) is 3. The van der Waals surface area contributed by atoms with Gasteiger partial charge in [-0.05, 0) is 37.1 Å². The minimum absolute atomic E-state index is 0.113. The Hall–Kier alpha value is -2.69. The number of hydrogen-bond donors (Lipinski definition) is 2. The van der Waals surface area contributed by atoms with Gasteiger partial charge in [0, 0.05) is 24.7 Å². The minimum Gasteiger partial charge on any atom is -0.352 e. The molecule has 1 aromatic heterocycles. The summed E-state index contributed by atoms with van der Waals surface area (Å²) in [7, 11) is 0. The van der Waals surface area contributed by atoms with Crippen LogP contribution in [0.3, 0.4) is 0 Å². The zero-order valence-electron chi connectivity index (χ0n) is 13.4. The van der Waals surface area contributed by atoms with E-state index in [0.717, 1.165) is 16.8 Å². The van der Waals surface area contributed by atoms with E-state index in [1.54, 1.807) is 6.20 Å². The molecule has 0 fully saturated rings. The van der Waals surface area contributed by atoms with Crippen molar-refractivity contribution in [2.75, 3.05) is 6.54 Å². The molecule has 120 valence electrons. The van der Waals surface area contributed by atoms with Crippen LogP contribution >= 0.6 is 0 Å². The van der Waals surface area contributed by atoms with Gasteiger partial charge in [-0.3, -0.25) is 14.6 Å². The predicted octanol–water partition coefficient (Wildman–Crippen LogP) is 2.13. The first-order chi connectivity index (χ1) is 11.1. The third-order valence-electron chi connectivity index (χ3n) is 3.54. The molecule has 0 spiro atoms. The largest absolute Gasteiger partial charge is 0.352 e. The van der Waals surface area contributed by atoms with Gasteiger partial charge in [0.25, 0.3) is 5.91 Å². The molecule has 0 saturated carbocycles. The topological polar surface area (TPSA) is 71.1 Å². The van der Waals surface area contributed by atoms with Crippen LogP contribution in [0.2, 0.25) is 0 Å². The summed E-state index contributed by atoms with van der Waals surface area (Å²) in [6.07, 6.45) is 1.93. The van der Waals surface area contributed by atoms with Gasteiger partial charge in [0.2, 0.25) is 5.91 Å². The number of aromatic nitrogens is 1. The lowest BCUT2D eigenvalue weighted by molar-refractivity contribution is -0.121. The average molecular weight is 311 g/mol. The Balaban J connectivity index is 1.76. The van der Waals surface area contributed by atoms with Gasteiger partial charge in [-0.2, -0.15) is 0 Å². The number of aryl methyl sites for hydroxylation is 2. The van der Waals surface area contributed by atoms with Crippen LogP contribution < -0.4 is 10.6 Å². The van der Waals surface area contributed by atoms with Crippen molar-refractivity contribution >= 4 is 11.8 Å². The van der Waals surface area contributed by atoms with Crippen molar-refractivity contribution in [3.05, 3.63) is 65.0 Å². The van der Waals surface area contributed by atoms with E-state index in [0.29, 0.717) is 18.7 Å². The van der Waals surface area contributed by atoms with Crippen molar-refractivity contribution in [2.45, 2.75) is 26.8 Å². The number of pyridine rings is 1. The second-order valence-electron chi connectivity index (χ2n) is 5.37. The number of nitrogens with one attached hydrogen (secondary N) is 2. The highest BCUT2D eigenvalue weighted by molar-refractivity contribution is 5.97. The van der Waals surface area contributed by atoms with E-state index in [2.05, 4.69) is 15.6 Å². The Morgan fingerprint density at radius 2 is 1.74 bits per heavy atom. The van der Waals surface area contributed by atoms with Crippen LogP contribution in [-0.2, 0) is 11.3 Å². The Labute approximate surface area is 136 Å². The van der Waals surface area contributed by atoms with Crippen LogP contribution in [0.5, 0.6) is 0 Å². The summed E-state index contributed by atoms with van der Waals surface area (Å²) in [4.78, 5) is 28.1. The van der Waals surface area contributed by atoms with Gasteiger partial charge in [-0.15, -0.1) is 0 Å². The second-order valence-corrected chi connectivity index (χ2v) is 5.37. The highest BCUT2D eigenvalue weighted by Crippen LogP contribution is 2.12. The Bertz CT molecular complexity index is 664. The maximum Gasteiger partial charge on any atom is 0.251 e. The van der Waals surface area contributed by atoms with Crippen LogP contribution in [0, 0.1) is 13.8 Å². The first-order valence-corrected chi connectivity index (χ1v) is 7.59. The number of rotatable bonds is 6. The molecule has 1 heterocycles. The molecule has 0 aliphatic heterocycles. The summed E-state index contributed by atoms with van der Waals surface area (Å²) >= 11 is 0. The number of carbonyl (C=O) groups excluding carboxylic acids is 2. The number of benzene rings is 1. The summed E-state index contributed by atoms with van der Waals surface area (Å²) in [5.41, 5.74) is 3.35. The highest BCUT2D eigenvalue weighted by atomic mass is 16.2. The van der Waals surface area contributed by atoms with Crippen molar-refractivity contribution in [2.24, 2.45) is 0 Å². The van der Waals surface area contributed by atoms with Gasteiger partial charge >= 0.3 is 0 Å². The molecule has 0 unspecified atom stereocenters. The molecule has 5 nitrogen and oxygen atoms in total. The number of amides is 2. The normalized spacial score (nSPS) is 10.2. The van der Waals surface area contributed by atoms with Gasteiger partial charge in [-0.1, -0.05) is 24.3 Å². The SMILES string of the molecule is Cc1cccc(C)c1C(=O)NCCC(=O)NCc1ccccn1. The fraction of sp³-hybridized carbons (Fsp3) is 0.278. The van der Waals surface area contributed by atoms with E-state index in [4.69, 9.17) is 0 Å². The molecule has 2 amide bonds. The molecule has 23 heavy (non-hydrogen) atoms. The molecule has 5 heteroatoms. The molecule has 2 rings (SSSR count). The molecule has 0 saturated heterocycles. The number of nitrogens with zero attached hydrogens (tertiary/aromatic N) is 1. The van der Waals surface area contributed by atoms with E-state index >= 15 is 0 Å². The summed E-state index contributed by atoms with van der Waals surface area (Å²) < 4.78 is 0. The van der Waals surface area contributed by atoms with Crippen molar-refractivity contribution in [3.8, 4) is 0 Å². The standard InChI is InChI=1S/C18H21N3O2/c1-13-6-5-7-14(2)17(13)18(23)20-11-9-16(22)21-12-15-8-3-4-10-19-15/h3-8,10H,9,11-12H2,1-2H3,(H,20,23)(H,21,22). The molecule has 1 aromatic carbocycles. The maximum absolute atomic E-state index is 12.2. The lowest BCUT2D eigenvalue weighted by Crippen LogP contribution is -2.31. The lowest BCUT2D eigenvalue weighted by atomic mass is 10.0. The van der Waals surface area contributed by atoms with Gasteiger partial charge in [0.1, 0.15) is 0 Å². The van der Waals surface area contributed by atoms with Crippen LogP contribution in [-0.4, -0.2) is 23.3 Å². The van der Waals surface area contributed by atoms with E-state index in [1.807, 2.05) is 50.2 Å². The second kappa shape index (κ2) is 8.08. The third kappa shape index (κ3) is 4.92. The molecule has 0 aliphatic rings. The van der Waals surface area contributed by atoms with Crippen LogP contribution in [0.15, 0.2) is 42.6 Å². The Morgan fingerprint density at radius 3 is 2.39 bits per heavy atom. The fourth-order valence-corrected chi connectivity index (χ4v) is 2.33. The van der Waals surface area contributed by atoms with Crippen molar-refractivity contribution in [1.29, 1.82) is 0 Å². The first-order valence-electron chi connectivity index (χ1n) is 7.59.